The van der Waals surface area contributed by atoms with Crippen LogP contribution in [0.1, 0.15) is 23.7 Å². The fraction of sp³-hybridized carbons (Fsp3) is 0.235. The largest absolute Gasteiger partial charge is 0.480 e. The molecule has 1 heterocycles. The summed E-state index contributed by atoms with van der Waals surface area (Å²) >= 11 is 0. The van der Waals surface area contributed by atoms with E-state index in [9.17, 15) is 9.59 Å². The number of aryl methyl sites for hydroxylation is 1. The molecule has 1 aromatic heterocycles. The Morgan fingerprint density at radius 1 is 1.24 bits per heavy atom. The number of hydrogen-bond donors (Lipinski definition) is 4. The highest BCUT2D eigenvalue weighted by Gasteiger charge is 2.17. The minimum absolute atomic E-state index is 0.218. The van der Waals surface area contributed by atoms with Crippen molar-refractivity contribution in [3.05, 3.63) is 41.3 Å². The molecule has 0 aliphatic carbocycles. The van der Waals surface area contributed by atoms with E-state index >= 15 is 0 Å². The average molecular weight is 342 g/mol. The lowest BCUT2D eigenvalue weighted by Gasteiger charge is -2.16. The Hall–Kier alpha value is -3.13. The molecule has 0 atom stereocenters. The van der Waals surface area contributed by atoms with Gasteiger partial charge in [-0.1, -0.05) is 0 Å². The van der Waals surface area contributed by atoms with E-state index in [-0.39, 0.29) is 18.9 Å². The van der Waals surface area contributed by atoms with Crippen LogP contribution in [-0.2, 0) is 16.2 Å². The monoisotopic (exact) mass is 342 g/mol. The van der Waals surface area contributed by atoms with E-state index in [1.807, 2.05) is 0 Å². The number of aromatic nitrogens is 2. The number of nitrogens with zero attached hydrogens (tertiary/aromatic N) is 2. The highest BCUT2D eigenvalue weighted by atomic mass is 16.4. The fourth-order valence-corrected chi connectivity index (χ4v) is 2.31. The van der Waals surface area contributed by atoms with Crippen molar-refractivity contribution in [2.75, 3.05) is 11.9 Å². The Labute approximate surface area is 144 Å². The molecule has 8 heteroatoms. The molecule has 25 heavy (non-hydrogen) atoms. The molecular weight excluding hydrogens is 324 g/mol. The second-order valence-electron chi connectivity index (χ2n) is 5.45. The summed E-state index contributed by atoms with van der Waals surface area (Å²) in [6.07, 6.45) is 2.93. The normalized spacial score (nSPS) is 10.4. The summed E-state index contributed by atoms with van der Waals surface area (Å²) in [7, 11) is 0. The van der Waals surface area contributed by atoms with Gasteiger partial charge < -0.3 is 15.5 Å². The van der Waals surface area contributed by atoms with Crippen LogP contribution in [0.4, 0.5) is 5.69 Å². The van der Waals surface area contributed by atoms with Crippen LogP contribution in [0.15, 0.2) is 24.5 Å². The van der Waals surface area contributed by atoms with Gasteiger partial charge >= 0.3 is 5.97 Å². The number of nitrogens with one attached hydrogen (secondary N) is 2. The highest BCUT2D eigenvalue weighted by Crippen LogP contribution is 2.28. The lowest BCUT2D eigenvalue weighted by atomic mass is 9.97. The van der Waals surface area contributed by atoms with Crippen LogP contribution < -0.4 is 5.32 Å². The molecule has 1 aromatic carbocycles. The van der Waals surface area contributed by atoms with E-state index in [0.717, 1.165) is 0 Å². The smallest absolute Gasteiger partial charge is 0.322 e. The number of carboxylic acids is 1. The zero-order valence-electron chi connectivity index (χ0n) is 13.8. The van der Waals surface area contributed by atoms with E-state index < -0.39 is 11.8 Å². The third-order valence-corrected chi connectivity index (χ3v) is 3.54. The van der Waals surface area contributed by atoms with Crippen molar-refractivity contribution in [3.63, 3.8) is 0 Å². The van der Waals surface area contributed by atoms with Crippen molar-refractivity contribution in [2.24, 2.45) is 0 Å². The maximum absolute atomic E-state index is 11.7. The van der Waals surface area contributed by atoms with Crippen molar-refractivity contribution in [3.8, 4) is 11.3 Å². The van der Waals surface area contributed by atoms with Crippen LogP contribution in [0.5, 0.6) is 0 Å². The van der Waals surface area contributed by atoms with Crippen molar-refractivity contribution in [1.82, 2.24) is 9.97 Å². The zero-order chi connectivity index (χ0) is 18.6. The molecule has 0 saturated heterocycles. The summed E-state index contributed by atoms with van der Waals surface area (Å²) in [5.74, 6) is -1.48. The van der Waals surface area contributed by atoms with Crippen molar-refractivity contribution in [2.45, 2.75) is 20.5 Å². The molecule has 4 N–H and O–H groups in total. The molecule has 0 bridgehead atoms. The van der Waals surface area contributed by atoms with Gasteiger partial charge in [0.2, 0.25) is 0 Å². The first-order chi connectivity index (χ1) is 11.8. The number of Topliss-reactive ketones (excluding diaryl/α,β-unsaturated/α-hetero) is 1. The third-order valence-electron chi connectivity index (χ3n) is 3.54. The van der Waals surface area contributed by atoms with Gasteiger partial charge in [0.15, 0.2) is 5.78 Å². The highest BCUT2D eigenvalue weighted by molar-refractivity contribution is 6.45. The summed E-state index contributed by atoms with van der Waals surface area (Å²) in [6.45, 7) is 2.48. The standard InChI is InChI=1S/C17H18N4O4/c1-9-3-11(14-6-19-12(8-22)5-20-14)4-13(16(18)10(2)23)17(9)21-7-15(24)25/h3-6,18,21-22H,7-8H2,1-2H3,(H,24,25). The molecule has 0 aliphatic heterocycles. The molecule has 0 saturated carbocycles. The molecular formula is C17H18N4O4. The Balaban J connectivity index is 2.54. The number of hydrogen-bond acceptors (Lipinski definition) is 7. The number of carbonyl (C=O) groups is 2. The molecule has 2 aromatic rings. The van der Waals surface area contributed by atoms with Gasteiger partial charge in [-0.15, -0.1) is 0 Å². The first kappa shape index (κ1) is 18.2. The molecule has 0 spiro atoms. The summed E-state index contributed by atoms with van der Waals surface area (Å²) < 4.78 is 0. The van der Waals surface area contributed by atoms with Crippen LogP contribution in [0, 0.1) is 12.3 Å². The van der Waals surface area contributed by atoms with Gasteiger partial charge in [-0.25, -0.2) is 0 Å². The molecule has 0 amide bonds. The summed E-state index contributed by atoms with van der Waals surface area (Å²) in [5.41, 5.74) is 2.75. The number of benzene rings is 1. The molecule has 8 nitrogen and oxygen atoms in total. The Morgan fingerprint density at radius 2 is 1.96 bits per heavy atom. The average Bonchev–Trinajstić information content (AvgIpc) is 2.59. The van der Waals surface area contributed by atoms with E-state index in [0.29, 0.717) is 33.8 Å². The van der Waals surface area contributed by atoms with E-state index in [1.54, 1.807) is 19.1 Å². The van der Waals surface area contributed by atoms with Gasteiger partial charge in [-0.3, -0.25) is 25.0 Å². The number of anilines is 1. The molecule has 0 unspecified atom stereocenters. The number of aliphatic carboxylic acids is 1. The van der Waals surface area contributed by atoms with E-state index in [2.05, 4.69) is 15.3 Å². The zero-order valence-corrected chi connectivity index (χ0v) is 13.8. The Kier molecular flexibility index (Phi) is 5.56. The van der Waals surface area contributed by atoms with E-state index in [1.165, 1.54) is 19.3 Å². The first-order valence-electron chi connectivity index (χ1n) is 7.45. The van der Waals surface area contributed by atoms with Gasteiger partial charge in [0.25, 0.3) is 0 Å². The number of ketones is 1. The summed E-state index contributed by atoms with van der Waals surface area (Å²) in [4.78, 5) is 30.8. The number of aliphatic hydroxyl groups is 1. The van der Waals surface area contributed by atoms with Gasteiger partial charge in [0.05, 0.1) is 30.4 Å². The lowest BCUT2D eigenvalue weighted by molar-refractivity contribution is -0.134. The maximum Gasteiger partial charge on any atom is 0.322 e. The SMILES string of the molecule is CC(=O)C(=N)c1cc(-c2cnc(CO)cn2)cc(C)c1NCC(=O)O. The predicted octanol–water partition coefficient (Wildman–Crippen LogP) is 1.40. The van der Waals surface area contributed by atoms with Crippen molar-refractivity contribution in [1.29, 1.82) is 5.41 Å². The summed E-state index contributed by atoms with van der Waals surface area (Å²) in [6, 6.07) is 3.37. The second kappa shape index (κ2) is 7.63. The molecule has 0 aliphatic rings. The van der Waals surface area contributed by atoms with Crippen LogP contribution in [-0.4, -0.2) is 44.2 Å². The minimum Gasteiger partial charge on any atom is -0.480 e. The number of carbonyl (C=O) groups excluding carboxylic acids is 1. The lowest BCUT2D eigenvalue weighted by Crippen LogP contribution is -2.18. The number of aliphatic hydroxyl groups excluding tert-OH is 1. The maximum atomic E-state index is 11.7. The Morgan fingerprint density at radius 3 is 2.48 bits per heavy atom. The Bertz CT molecular complexity index is 831. The minimum atomic E-state index is -1.05. The molecule has 0 radical (unpaired) electrons. The van der Waals surface area contributed by atoms with Crippen molar-refractivity contribution >= 4 is 23.2 Å². The van der Waals surface area contributed by atoms with Gasteiger partial charge in [0, 0.05) is 23.7 Å². The molecule has 130 valence electrons. The molecule has 2 rings (SSSR count). The number of rotatable bonds is 7. The first-order valence-corrected chi connectivity index (χ1v) is 7.45. The van der Waals surface area contributed by atoms with Gasteiger partial charge in [0.1, 0.15) is 12.3 Å². The fourth-order valence-electron chi connectivity index (χ4n) is 2.31. The van der Waals surface area contributed by atoms with Crippen molar-refractivity contribution < 1.29 is 19.8 Å². The van der Waals surface area contributed by atoms with Crippen LogP contribution in [0.3, 0.4) is 0 Å². The third kappa shape index (κ3) is 4.24. The van der Waals surface area contributed by atoms with Crippen LogP contribution in [0.25, 0.3) is 11.3 Å². The summed E-state index contributed by atoms with van der Waals surface area (Å²) in [5, 5.41) is 28.7. The second-order valence-corrected chi connectivity index (χ2v) is 5.45. The number of carboxylic acid groups (broad SMARTS) is 1. The van der Waals surface area contributed by atoms with Crippen LogP contribution in [0.2, 0.25) is 0 Å². The molecule has 0 fully saturated rings. The van der Waals surface area contributed by atoms with Gasteiger partial charge in [-0.05, 0) is 24.6 Å². The van der Waals surface area contributed by atoms with Gasteiger partial charge in [-0.2, -0.15) is 0 Å². The van der Waals surface area contributed by atoms with Crippen LogP contribution >= 0.6 is 0 Å². The predicted molar refractivity (Wildman–Crippen MR) is 91.8 cm³/mol. The van der Waals surface area contributed by atoms with E-state index in [4.69, 9.17) is 15.6 Å². The topological polar surface area (TPSA) is 136 Å². The quantitative estimate of drug-likeness (QED) is 0.558.